The second-order valence-electron chi connectivity index (χ2n) is 6.86. The minimum atomic E-state index is -0.795. The van der Waals surface area contributed by atoms with Crippen LogP contribution in [0.1, 0.15) is 38.7 Å². The minimum absolute atomic E-state index is 0.0131. The average Bonchev–Trinajstić information content (AvgIpc) is 2.98. The van der Waals surface area contributed by atoms with Crippen molar-refractivity contribution in [1.82, 2.24) is 25.7 Å². The zero-order valence-corrected chi connectivity index (χ0v) is 16.2. The van der Waals surface area contributed by atoms with Crippen molar-refractivity contribution in [2.45, 2.75) is 45.9 Å². The number of ether oxygens (including phenoxy) is 1. The Morgan fingerprint density at radius 1 is 1.41 bits per heavy atom. The molecule has 3 amide bonds. The SMILES string of the molecule is COCCCNC(=O)C(=O)Nc1cc(C)nn1C1NC(=O)CC(C(C)C)N1. The van der Waals surface area contributed by atoms with Crippen LogP contribution in [0.4, 0.5) is 5.82 Å². The molecule has 2 heterocycles. The van der Waals surface area contributed by atoms with Crippen LogP contribution in [0.5, 0.6) is 0 Å². The van der Waals surface area contributed by atoms with Crippen LogP contribution >= 0.6 is 0 Å². The number of aryl methyl sites for hydroxylation is 1. The molecule has 10 heteroatoms. The lowest BCUT2D eigenvalue weighted by Crippen LogP contribution is -2.55. The molecular weight excluding hydrogens is 352 g/mol. The summed E-state index contributed by atoms with van der Waals surface area (Å²) in [6.07, 6.45) is 0.383. The van der Waals surface area contributed by atoms with Crippen molar-refractivity contribution in [2.24, 2.45) is 5.92 Å². The Labute approximate surface area is 158 Å². The van der Waals surface area contributed by atoms with Gasteiger partial charge in [-0.1, -0.05) is 13.8 Å². The van der Waals surface area contributed by atoms with Gasteiger partial charge in [0.1, 0.15) is 5.82 Å². The second kappa shape index (κ2) is 9.47. The molecule has 2 rings (SSSR count). The van der Waals surface area contributed by atoms with Crippen molar-refractivity contribution in [2.75, 3.05) is 25.6 Å². The molecule has 0 radical (unpaired) electrons. The first-order chi connectivity index (χ1) is 12.8. The molecule has 10 nitrogen and oxygen atoms in total. The van der Waals surface area contributed by atoms with Gasteiger partial charge in [0.05, 0.1) is 5.69 Å². The van der Waals surface area contributed by atoms with Crippen molar-refractivity contribution in [1.29, 1.82) is 0 Å². The van der Waals surface area contributed by atoms with Gasteiger partial charge >= 0.3 is 11.8 Å². The Kier molecular flexibility index (Phi) is 7.31. The highest BCUT2D eigenvalue weighted by Gasteiger charge is 2.30. The molecule has 0 aromatic carbocycles. The lowest BCUT2D eigenvalue weighted by atomic mass is 9.99. The highest BCUT2D eigenvalue weighted by Crippen LogP contribution is 2.19. The molecule has 4 N–H and O–H groups in total. The number of methoxy groups -OCH3 is 1. The summed E-state index contributed by atoms with van der Waals surface area (Å²) < 4.78 is 6.36. The van der Waals surface area contributed by atoms with Gasteiger partial charge in [0.2, 0.25) is 5.91 Å². The molecule has 1 saturated heterocycles. The largest absolute Gasteiger partial charge is 0.385 e. The Hall–Kier alpha value is -2.46. The molecule has 150 valence electrons. The standard InChI is InChI=1S/C17H28N6O4/c1-10(2)12-9-14(24)21-17(19-12)23-13(8-11(3)22-23)20-16(26)15(25)18-6-5-7-27-4/h8,10,12,17,19H,5-7,9H2,1-4H3,(H,18,25)(H,20,26)(H,21,24). The van der Waals surface area contributed by atoms with Gasteiger partial charge in [0, 0.05) is 38.8 Å². The zero-order chi connectivity index (χ0) is 20.0. The molecule has 2 atom stereocenters. The van der Waals surface area contributed by atoms with E-state index in [-0.39, 0.29) is 17.9 Å². The fourth-order valence-corrected chi connectivity index (χ4v) is 2.75. The topological polar surface area (TPSA) is 126 Å². The number of hydrogen-bond acceptors (Lipinski definition) is 6. The van der Waals surface area contributed by atoms with Gasteiger partial charge in [0.15, 0.2) is 6.29 Å². The minimum Gasteiger partial charge on any atom is -0.385 e. The Morgan fingerprint density at radius 2 is 2.15 bits per heavy atom. The number of carbonyl (C=O) groups excluding carboxylic acids is 3. The monoisotopic (exact) mass is 380 g/mol. The highest BCUT2D eigenvalue weighted by atomic mass is 16.5. The van der Waals surface area contributed by atoms with E-state index in [1.807, 2.05) is 13.8 Å². The third kappa shape index (κ3) is 5.76. The summed E-state index contributed by atoms with van der Waals surface area (Å²) in [6, 6.07) is 1.63. The van der Waals surface area contributed by atoms with Gasteiger partial charge in [-0.15, -0.1) is 0 Å². The average molecular weight is 380 g/mol. The summed E-state index contributed by atoms with van der Waals surface area (Å²) in [4.78, 5) is 36.1. The summed E-state index contributed by atoms with van der Waals surface area (Å²) in [5, 5.41) is 15.5. The highest BCUT2D eigenvalue weighted by molar-refractivity contribution is 6.39. The molecule has 1 aliphatic rings. The summed E-state index contributed by atoms with van der Waals surface area (Å²) in [7, 11) is 1.57. The smallest absolute Gasteiger partial charge is 0.314 e. The molecule has 0 aliphatic carbocycles. The third-order valence-electron chi connectivity index (χ3n) is 4.24. The summed E-state index contributed by atoms with van der Waals surface area (Å²) in [5.41, 5.74) is 0.647. The van der Waals surface area contributed by atoms with E-state index in [0.29, 0.717) is 37.5 Å². The first kappa shape index (κ1) is 20.8. The van der Waals surface area contributed by atoms with Crippen LogP contribution in [0.15, 0.2) is 6.07 Å². The predicted octanol–water partition coefficient (Wildman–Crippen LogP) is -0.127. The Bertz CT molecular complexity index is 687. The van der Waals surface area contributed by atoms with E-state index in [1.54, 1.807) is 20.1 Å². The van der Waals surface area contributed by atoms with Crippen LogP contribution in [0.25, 0.3) is 0 Å². The number of rotatable bonds is 7. The maximum Gasteiger partial charge on any atom is 0.314 e. The molecule has 0 spiro atoms. The van der Waals surface area contributed by atoms with Gasteiger partial charge in [-0.3, -0.25) is 19.7 Å². The fourth-order valence-electron chi connectivity index (χ4n) is 2.75. The number of anilines is 1. The van der Waals surface area contributed by atoms with Crippen LogP contribution in [0.2, 0.25) is 0 Å². The molecule has 1 aromatic rings. The predicted molar refractivity (Wildman–Crippen MR) is 98.7 cm³/mol. The summed E-state index contributed by atoms with van der Waals surface area (Å²) in [6.45, 7) is 6.66. The zero-order valence-electron chi connectivity index (χ0n) is 16.2. The lowest BCUT2D eigenvalue weighted by molar-refractivity contribution is -0.136. The second-order valence-corrected chi connectivity index (χ2v) is 6.86. The first-order valence-electron chi connectivity index (χ1n) is 9.01. The molecule has 27 heavy (non-hydrogen) atoms. The van der Waals surface area contributed by atoms with E-state index in [0.717, 1.165) is 0 Å². The van der Waals surface area contributed by atoms with E-state index in [9.17, 15) is 14.4 Å². The van der Waals surface area contributed by atoms with E-state index >= 15 is 0 Å². The van der Waals surface area contributed by atoms with Crippen molar-refractivity contribution in [3.63, 3.8) is 0 Å². The van der Waals surface area contributed by atoms with Crippen molar-refractivity contribution in [3.8, 4) is 0 Å². The summed E-state index contributed by atoms with van der Waals surface area (Å²) in [5.74, 6) is -1.05. The number of carbonyl (C=O) groups is 3. The van der Waals surface area contributed by atoms with Gasteiger partial charge in [0.25, 0.3) is 0 Å². The van der Waals surface area contributed by atoms with E-state index in [2.05, 4.69) is 26.4 Å². The van der Waals surface area contributed by atoms with E-state index in [1.165, 1.54) is 4.68 Å². The van der Waals surface area contributed by atoms with Gasteiger partial charge in [-0.05, 0) is 19.3 Å². The van der Waals surface area contributed by atoms with Gasteiger partial charge < -0.3 is 20.7 Å². The van der Waals surface area contributed by atoms with Crippen LogP contribution < -0.4 is 21.3 Å². The number of nitrogens with zero attached hydrogens (tertiary/aromatic N) is 2. The lowest BCUT2D eigenvalue weighted by Gasteiger charge is -2.34. The molecule has 0 saturated carbocycles. The van der Waals surface area contributed by atoms with Gasteiger partial charge in [-0.25, -0.2) is 4.68 Å². The number of amides is 3. The van der Waals surface area contributed by atoms with Crippen LogP contribution in [-0.4, -0.2) is 53.8 Å². The van der Waals surface area contributed by atoms with Gasteiger partial charge in [-0.2, -0.15) is 5.10 Å². The normalized spacial score (nSPS) is 19.7. The van der Waals surface area contributed by atoms with E-state index in [4.69, 9.17) is 4.74 Å². The van der Waals surface area contributed by atoms with E-state index < -0.39 is 18.1 Å². The van der Waals surface area contributed by atoms with Crippen LogP contribution in [0, 0.1) is 12.8 Å². The van der Waals surface area contributed by atoms with Crippen LogP contribution in [-0.2, 0) is 19.1 Å². The fraction of sp³-hybridized carbons (Fsp3) is 0.647. The maximum absolute atomic E-state index is 12.2. The van der Waals surface area contributed by atoms with Crippen LogP contribution in [0.3, 0.4) is 0 Å². The first-order valence-corrected chi connectivity index (χ1v) is 9.01. The number of hydrogen-bond donors (Lipinski definition) is 4. The maximum atomic E-state index is 12.2. The number of aromatic nitrogens is 2. The number of nitrogens with one attached hydrogen (secondary N) is 4. The molecular formula is C17H28N6O4. The molecule has 0 bridgehead atoms. The molecule has 1 fully saturated rings. The molecule has 1 aliphatic heterocycles. The van der Waals surface area contributed by atoms with Crippen molar-refractivity contribution in [3.05, 3.63) is 11.8 Å². The summed E-state index contributed by atoms with van der Waals surface area (Å²) >= 11 is 0. The van der Waals surface area contributed by atoms with Crippen molar-refractivity contribution < 1.29 is 19.1 Å². The molecule has 1 aromatic heterocycles. The third-order valence-corrected chi connectivity index (χ3v) is 4.24. The Balaban J connectivity index is 2.05. The Morgan fingerprint density at radius 3 is 2.81 bits per heavy atom. The quantitative estimate of drug-likeness (QED) is 0.386. The van der Waals surface area contributed by atoms with Crippen molar-refractivity contribution >= 4 is 23.5 Å². The molecule has 2 unspecified atom stereocenters.